The van der Waals surface area contributed by atoms with Gasteiger partial charge in [-0.05, 0) is 17.7 Å². The molecule has 1 N–H and O–H groups in total. The highest BCUT2D eigenvalue weighted by Gasteiger charge is 2.06. The van der Waals surface area contributed by atoms with E-state index in [2.05, 4.69) is 5.32 Å². The molecule has 3 heteroatoms. The van der Waals surface area contributed by atoms with Crippen LogP contribution in [0.5, 0.6) is 0 Å². The Morgan fingerprint density at radius 1 is 1.00 bits per heavy atom. The monoisotopic (exact) mass is 254 g/mol. The molecule has 2 aromatic rings. The second kappa shape index (κ2) is 6.59. The molecule has 98 valence electrons. The molecule has 0 aliphatic rings. The van der Waals surface area contributed by atoms with Crippen molar-refractivity contribution in [2.45, 2.75) is 6.54 Å². The van der Waals surface area contributed by atoms with Gasteiger partial charge in [0.05, 0.1) is 6.54 Å². The predicted molar refractivity (Wildman–Crippen MR) is 78.0 cm³/mol. The number of benzene rings is 2. The molecule has 0 unspecified atom stereocenters. The summed E-state index contributed by atoms with van der Waals surface area (Å²) in [4.78, 5) is 13.8. The van der Waals surface area contributed by atoms with Crippen LogP contribution in [0.1, 0.15) is 5.56 Å². The van der Waals surface area contributed by atoms with Gasteiger partial charge in [0.2, 0.25) is 5.91 Å². The van der Waals surface area contributed by atoms with Gasteiger partial charge in [0.1, 0.15) is 0 Å². The summed E-state index contributed by atoms with van der Waals surface area (Å²) in [6, 6.07) is 19.8. The summed E-state index contributed by atoms with van der Waals surface area (Å²) in [6.07, 6.45) is 0. The molecule has 1 amide bonds. The van der Waals surface area contributed by atoms with Gasteiger partial charge in [0.25, 0.3) is 0 Å². The first kappa shape index (κ1) is 13.1. The Kier molecular flexibility index (Phi) is 4.56. The van der Waals surface area contributed by atoms with Gasteiger partial charge >= 0.3 is 0 Å². The summed E-state index contributed by atoms with van der Waals surface area (Å²) in [7, 11) is 1.91. The minimum atomic E-state index is 0.0233. The van der Waals surface area contributed by atoms with E-state index < -0.39 is 0 Å². The van der Waals surface area contributed by atoms with E-state index in [9.17, 15) is 4.79 Å². The number of carbonyl (C=O) groups is 1. The fraction of sp³-hybridized carbons (Fsp3) is 0.188. The minimum Gasteiger partial charge on any atom is -0.365 e. The van der Waals surface area contributed by atoms with Crippen molar-refractivity contribution in [1.29, 1.82) is 0 Å². The van der Waals surface area contributed by atoms with Crippen molar-refractivity contribution in [2.24, 2.45) is 0 Å². The maximum absolute atomic E-state index is 11.8. The first-order valence-electron chi connectivity index (χ1n) is 6.32. The molecule has 0 fully saturated rings. The maximum Gasteiger partial charge on any atom is 0.239 e. The van der Waals surface area contributed by atoms with E-state index in [1.165, 1.54) is 0 Å². The average Bonchev–Trinajstić information content (AvgIpc) is 2.47. The first-order chi connectivity index (χ1) is 9.25. The molecule has 0 heterocycles. The number of hydrogen-bond acceptors (Lipinski definition) is 2. The van der Waals surface area contributed by atoms with E-state index in [1.54, 1.807) is 0 Å². The summed E-state index contributed by atoms with van der Waals surface area (Å²) in [5.41, 5.74) is 2.15. The van der Waals surface area contributed by atoms with E-state index in [0.29, 0.717) is 13.1 Å². The predicted octanol–water partition coefficient (Wildman–Crippen LogP) is 2.44. The summed E-state index contributed by atoms with van der Waals surface area (Å²) in [5, 5.41) is 2.92. The zero-order valence-electron chi connectivity index (χ0n) is 11.0. The zero-order chi connectivity index (χ0) is 13.5. The molecular weight excluding hydrogens is 236 g/mol. The molecule has 0 aliphatic carbocycles. The molecule has 0 radical (unpaired) electrons. The van der Waals surface area contributed by atoms with Crippen LogP contribution in [0, 0.1) is 0 Å². The summed E-state index contributed by atoms with van der Waals surface area (Å²) < 4.78 is 0. The van der Waals surface area contributed by atoms with Crippen LogP contribution in [0.3, 0.4) is 0 Å². The SMILES string of the molecule is CN(CC(=O)NCc1ccccc1)c1ccccc1. The maximum atomic E-state index is 11.8. The second-order valence-electron chi connectivity index (χ2n) is 4.45. The molecular formula is C16H18N2O. The molecule has 0 aliphatic heterocycles. The largest absolute Gasteiger partial charge is 0.365 e. The van der Waals surface area contributed by atoms with Gasteiger partial charge in [-0.15, -0.1) is 0 Å². The zero-order valence-corrected chi connectivity index (χ0v) is 11.0. The van der Waals surface area contributed by atoms with Gasteiger partial charge in [-0.2, -0.15) is 0 Å². The Morgan fingerprint density at radius 3 is 2.21 bits per heavy atom. The van der Waals surface area contributed by atoms with Crippen LogP contribution in [-0.4, -0.2) is 19.5 Å². The average molecular weight is 254 g/mol. The number of hydrogen-bond donors (Lipinski definition) is 1. The van der Waals surface area contributed by atoms with Crippen molar-refractivity contribution in [3.05, 3.63) is 66.2 Å². The molecule has 0 aromatic heterocycles. The number of para-hydroxylation sites is 1. The number of carbonyl (C=O) groups excluding carboxylic acids is 1. The smallest absolute Gasteiger partial charge is 0.239 e. The van der Waals surface area contributed by atoms with Gasteiger partial charge in [-0.25, -0.2) is 0 Å². The van der Waals surface area contributed by atoms with Crippen molar-refractivity contribution in [2.75, 3.05) is 18.5 Å². The molecule has 0 spiro atoms. The Morgan fingerprint density at radius 2 is 1.58 bits per heavy atom. The quantitative estimate of drug-likeness (QED) is 0.889. The summed E-state index contributed by atoms with van der Waals surface area (Å²) >= 11 is 0. The van der Waals surface area contributed by atoms with Crippen LogP contribution in [0.4, 0.5) is 5.69 Å². The van der Waals surface area contributed by atoms with Crippen LogP contribution >= 0.6 is 0 Å². The number of amides is 1. The molecule has 0 saturated carbocycles. The lowest BCUT2D eigenvalue weighted by molar-refractivity contribution is -0.119. The van der Waals surface area contributed by atoms with Crippen LogP contribution in [-0.2, 0) is 11.3 Å². The fourth-order valence-corrected chi connectivity index (χ4v) is 1.84. The van der Waals surface area contributed by atoms with Gasteiger partial charge in [0, 0.05) is 19.3 Å². The number of rotatable bonds is 5. The third-order valence-corrected chi connectivity index (χ3v) is 2.91. The van der Waals surface area contributed by atoms with Gasteiger partial charge < -0.3 is 10.2 Å². The highest BCUT2D eigenvalue weighted by Crippen LogP contribution is 2.10. The third kappa shape index (κ3) is 4.14. The summed E-state index contributed by atoms with van der Waals surface area (Å²) in [6.45, 7) is 0.930. The van der Waals surface area contributed by atoms with Crippen molar-refractivity contribution >= 4 is 11.6 Å². The molecule has 2 rings (SSSR count). The molecule has 2 aromatic carbocycles. The van der Waals surface area contributed by atoms with Gasteiger partial charge in [-0.3, -0.25) is 4.79 Å². The Hall–Kier alpha value is -2.29. The Bertz CT molecular complexity index is 511. The lowest BCUT2D eigenvalue weighted by atomic mass is 10.2. The highest BCUT2D eigenvalue weighted by molar-refractivity contribution is 5.81. The Labute approximate surface area is 113 Å². The van der Waals surface area contributed by atoms with E-state index in [-0.39, 0.29) is 5.91 Å². The lowest BCUT2D eigenvalue weighted by Gasteiger charge is -2.18. The highest BCUT2D eigenvalue weighted by atomic mass is 16.2. The topological polar surface area (TPSA) is 32.3 Å². The van der Waals surface area contributed by atoms with Crippen LogP contribution < -0.4 is 10.2 Å². The number of nitrogens with one attached hydrogen (secondary N) is 1. The standard InChI is InChI=1S/C16H18N2O/c1-18(15-10-6-3-7-11-15)13-16(19)17-12-14-8-4-2-5-9-14/h2-11H,12-13H2,1H3,(H,17,19). The molecule has 0 atom stereocenters. The van der Waals surface area contributed by atoms with E-state index in [4.69, 9.17) is 0 Å². The van der Waals surface area contributed by atoms with E-state index >= 15 is 0 Å². The number of anilines is 1. The number of nitrogens with zero attached hydrogens (tertiary/aromatic N) is 1. The van der Waals surface area contributed by atoms with Crippen molar-refractivity contribution in [1.82, 2.24) is 5.32 Å². The first-order valence-corrected chi connectivity index (χ1v) is 6.32. The normalized spacial score (nSPS) is 9.95. The minimum absolute atomic E-state index is 0.0233. The molecule has 19 heavy (non-hydrogen) atoms. The lowest BCUT2D eigenvalue weighted by Crippen LogP contribution is -2.34. The van der Waals surface area contributed by atoms with Crippen LogP contribution in [0.15, 0.2) is 60.7 Å². The summed E-state index contributed by atoms with van der Waals surface area (Å²) in [5.74, 6) is 0.0233. The van der Waals surface area contributed by atoms with Crippen molar-refractivity contribution in [3.8, 4) is 0 Å². The second-order valence-corrected chi connectivity index (χ2v) is 4.45. The van der Waals surface area contributed by atoms with Crippen LogP contribution in [0.2, 0.25) is 0 Å². The van der Waals surface area contributed by atoms with Gasteiger partial charge in [-0.1, -0.05) is 48.5 Å². The Balaban J connectivity index is 1.82. The van der Waals surface area contributed by atoms with E-state index in [0.717, 1.165) is 11.3 Å². The van der Waals surface area contributed by atoms with Crippen LogP contribution in [0.25, 0.3) is 0 Å². The number of likely N-dealkylation sites (N-methyl/N-ethyl adjacent to an activating group) is 1. The fourth-order valence-electron chi connectivity index (χ4n) is 1.84. The van der Waals surface area contributed by atoms with E-state index in [1.807, 2.05) is 72.6 Å². The molecule has 0 saturated heterocycles. The van der Waals surface area contributed by atoms with Gasteiger partial charge in [0.15, 0.2) is 0 Å². The molecule has 3 nitrogen and oxygen atoms in total. The molecule has 0 bridgehead atoms. The van der Waals surface area contributed by atoms with Crippen molar-refractivity contribution in [3.63, 3.8) is 0 Å². The van der Waals surface area contributed by atoms with Crippen molar-refractivity contribution < 1.29 is 4.79 Å². The third-order valence-electron chi connectivity index (χ3n) is 2.91.